The maximum atomic E-state index is 12.9. The Labute approximate surface area is 195 Å². The number of ketones is 1. The molecule has 1 N–H and O–H groups in total. The van der Waals surface area contributed by atoms with Gasteiger partial charge in [0.2, 0.25) is 5.91 Å². The van der Waals surface area contributed by atoms with Crippen molar-refractivity contribution >= 4 is 58.4 Å². The molecule has 1 unspecified atom stereocenters. The van der Waals surface area contributed by atoms with E-state index in [1.807, 2.05) is 25.3 Å². The molecule has 2 aliphatic rings. The molecule has 1 aromatic rings. The van der Waals surface area contributed by atoms with Gasteiger partial charge >= 0.3 is 5.97 Å². The van der Waals surface area contributed by atoms with E-state index in [0.717, 1.165) is 15.7 Å². The molecule has 4 bridgehead atoms. The number of nitrogens with zero attached hydrogens (tertiary/aromatic N) is 2. The van der Waals surface area contributed by atoms with E-state index < -0.39 is 24.2 Å². The summed E-state index contributed by atoms with van der Waals surface area (Å²) in [5.74, 6) is 0.132. The molecule has 10 heteroatoms. The molecule has 0 radical (unpaired) electrons. The van der Waals surface area contributed by atoms with Crippen LogP contribution in [0.15, 0.2) is 22.5 Å². The maximum absolute atomic E-state index is 12.9. The van der Waals surface area contributed by atoms with Gasteiger partial charge in [0.25, 0.3) is 0 Å². The zero-order valence-corrected chi connectivity index (χ0v) is 20.1. The molecule has 0 aliphatic carbocycles. The Kier molecular flexibility index (Phi) is 8.74. The van der Waals surface area contributed by atoms with Gasteiger partial charge in [0.05, 0.1) is 5.01 Å². The minimum atomic E-state index is -0.814. The molecule has 0 saturated carbocycles. The van der Waals surface area contributed by atoms with Crippen molar-refractivity contribution in [3.63, 3.8) is 0 Å². The van der Waals surface area contributed by atoms with Crippen molar-refractivity contribution in [3.8, 4) is 0 Å². The molecule has 3 rings (SSSR count). The van der Waals surface area contributed by atoms with Crippen LogP contribution in [0.4, 0.5) is 0 Å². The Balaban J connectivity index is 1.87. The lowest BCUT2D eigenvalue weighted by Crippen LogP contribution is -2.49. The fourth-order valence-electron chi connectivity index (χ4n) is 3.19. The van der Waals surface area contributed by atoms with Gasteiger partial charge < -0.3 is 10.1 Å². The Morgan fingerprint density at radius 3 is 2.87 bits per heavy atom. The molecule has 0 saturated heterocycles. The van der Waals surface area contributed by atoms with Gasteiger partial charge in [-0.3, -0.25) is 14.6 Å². The van der Waals surface area contributed by atoms with E-state index in [0.29, 0.717) is 30.8 Å². The topological polar surface area (TPSA) is 97.7 Å². The molecule has 0 fully saturated rings. The number of cyclic esters (lactones) is 1. The minimum Gasteiger partial charge on any atom is -0.456 e. The SMILES string of the molecule is CC(C)[C@@H]1NC(=O)[C@@H]2CSC(=N2)c2csc(n2)CCC(=O)CC(/C=C/CCS)OC1=O. The van der Waals surface area contributed by atoms with Crippen molar-refractivity contribution in [1.29, 1.82) is 0 Å². The van der Waals surface area contributed by atoms with Crippen molar-refractivity contribution in [1.82, 2.24) is 10.3 Å². The van der Waals surface area contributed by atoms with E-state index in [4.69, 9.17) is 4.74 Å². The highest BCUT2D eigenvalue weighted by atomic mass is 32.2. The Morgan fingerprint density at radius 1 is 1.32 bits per heavy atom. The van der Waals surface area contributed by atoms with Crippen LogP contribution in [0.2, 0.25) is 0 Å². The predicted molar refractivity (Wildman–Crippen MR) is 127 cm³/mol. The van der Waals surface area contributed by atoms with E-state index in [-0.39, 0.29) is 24.0 Å². The number of allylic oxidation sites excluding steroid dienone is 1. The Bertz CT molecular complexity index is 881. The number of aryl methyl sites for hydroxylation is 1. The monoisotopic (exact) mass is 481 g/mol. The first kappa shape index (κ1) is 24.0. The second kappa shape index (κ2) is 11.3. The Hall–Kier alpha value is -1.65. The van der Waals surface area contributed by atoms with Crippen LogP contribution in [0.5, 0.6) is 0 Å². The summed E-state index contributed by atoms with van der Waals surface area (Å²) in [5, 5.41) is 6.29. The lowest BCUT2D eigenvalue weighted by Gasteiger charge is -2.24. The van der Waals surface area contributed by atoms with Gasteiger partial charge in [0.1, 0.15) is 34.7 Å². The highest BCUT2D eigenvalue weighted by molar-refractivity contribution is 8.14. The van der Waals surface area contributed by atoms with Crippen LogP contribution in [-0.2, 0) is 25.5 Å². The molecule has 0 aromatic carbocycles. The first-order valence-corrected chi connectivity index (χ1v) is 12.8. The van der Waals surface area contributed by atoms with E-state index in [9.17, 15) is 14.4 Å². The number of thioether (sulfide) groups is 1. The number of hydrogen-bond donors (Lipinski definition) is 2. The highest BCUT2D eigenvalue weighted by Crippen LogP contribution is 2.26. The molecular weight excluding hydrogens is 454 g/mol. The van der Waals surface area contributed by atoms with E-state index in [2.05, 4.69) is 27.9 Å². The van der Waals surface area contributed by atoms with Crippen LogP contribution in [0.1, 0.15) is 43.8 Å². The van der Waals surface area contributed by atoms with Crippen molar-refractivity contribution < 1.29 is 19.1 Å². The zero-order chi connectivity index (χ0) is 22.4. The van der Waals surface area contributed by atoms with Gasteiger partial charge in [-0.15, -0.1) is 23.1 Å². The fraction of sp³-hybridized carbons (Fsp3) is 0.571. The molecular formula is C21H27N3O4S3. The molecule has 3 atom stereocenters. The number of amides is 1. The highest BCUT2D eigenvalue weighted by Gasteiger charge is 2.33. The number of rotatable bonds is 4. The first-order valence-electron chi connectivity index (χ1n) is 10.3. The average Bonchev–Trinajstić information content (AvgIpc) is 3.39. The fourth-order valence-corrected chi connectivity index (χ4v) is 5.19. The lowest BCUT2D eigenvalue weighted by atomic mass is 10.0. The van der Waals surface area contributed by atoms with Crippen LogP contribution in [0.25, 0.3) is 0 Å². The summed E-state index contributed by atoms with van der Waals surface area (Å²) in [6, 6.07) is -1.38. The van der Waals surface area contributed by atoms with Crippen molar-refractivity contribution in [3.05, 3.63) is 28.2 Å². The van der Waals surface area contributed by atoms with Crippen molar-refractivity contribution in [2.45, 2.75) is 57.7 Å². The molecule has 1 amide bonds. The summed E-state index contributed by atoms with van der Waals surface area (Å²) >= 11 is 7.15. The molecule has 0 spiro atoms. The standard InChI is InChI=1S/C21H27N3O4S3/c1-12(2)18-21(27)28-14(5-3-4-8-29)9-13(25)6-7-17-22-16(11-30-17)20-23-15(10-31-20)19(26)24-18/h3,5,11-12,14-15,18,29H,4,6-10H2,1-2H3,(H,24,26)/b5-3+/t14?,15-,18-/m0/s1. The molecule has 2 aliphatic heterocycles. The van der Waals surface area contributed by atoms with Crippen LogP contribution >= 0.6 is 35.7 Å². The largest absolute Gasteiger partial charge is 0.456 e. The van der Waals surface area contributed by atoms with Gasteiger partial charge in [0, 0.05) is 30.4 Å². The van der Waals surface area contributed by atoms with Crippen LogP contribution in [0.3, 0.4) is 0 Å². The van der Waals surface area contributed by atoms with Crippen molar-refractivity contribution in [2.24, 2.45) is 10.9 Å². The van der Waals surface area contributed by atoms with Crippen LogP contribution in [0, 0.1) is 5.92 Å². The summed E-state index contributed by atoms with van der Waals surface area (Å²) in [6.45, 7) is 3.69. The van der Waals surface area contributed by atoms with Crippen LogP contribution in [-0.4, -0.2) is 57.4 Å². The Morgan fingerprint density at radius 2 is 2.13 bits per heavy atom. The number of carbonyl (C=O) groups excluding carboxylic acids is 3. The number of Topliss-reactive ketones (excluding diaryl/α,β-unsaturated/α-hetero) is 1. The summed E-state index contributed by atoms with van der Waals surface area (Å²) in [5.41, 5.74) is 0.743. The lowest BCUT2D eigenvalue weighted by molar-refractivity contribution is -0.153. The summed E-state index contributed by atoms with van der Waals surface area (Å²) < 4.78 is 5.66. The number of nitrogens with one attached hydrogen (secondary N) is 1. The number of aromatic nitrogens is 1. The second-order valence-corrected chi connectivity index (χ2v) is 10.2. The second-order valence-electron chi connectivity index (χ2n) is 7.78. The number of carbonyl (C=O) groups is 3. The van der Waals surface area contributed by atoms with E-state index >= 15 is 0 Å². The molecule has 1 aromatic heterocycles. The maximum Gasteiger partial charge on any atom is 0.329 e. The average molecular weight is 482 g/mol. The minimum absolute atomic E-state index is 0.00468. The number of fused-ring (bicyclic) bond motifs is 4. The summed E-state index contributed by atoms with van der Waals surface area (Å²) in [4.78, 5) is 47.4. The number of thiazole rings is 1. The smallest absolute Gasteiger partial charge is 0.329 e. The zero-order valence-electron chi connectivity index (χ0n) is 17.6. The predicted octanol–water partition coefficient (Wildman–Crippen LogP) is 2.84. The van der Waals surface area contributed by atoms with Gasteiger partial charge in [0.15, 0.2) is 0 Å². The molecule has 31 heavy (non-hydrogen) atoms. The summed E-state index contributed by atoms with van der Waals surface area (Å²) in [6.07, 6.45) is 4.58. The molecule has 3 heterocycles. The number of aliphatic imine (C=N–C) groups is 1. The molecule has 168 valence electrons. The summed E-state index contributed by atoms with van der Waals surface area (Å²) in [7, 11) is 0. The molecule has 7 nitrogen and oxygen atoms in total. The first-order chi connectivity index (χ1) is 14.9. The third-order valence-electron chi connectivity index (χ3n) is 4.90. The van der Waals surface area contributed by atoms with Gasteiger partial charge in [-0.1, -0.05) is 19.9 Å². The third kappa shape index (κ3) is 6.66. The van der Waals surface area contributed by atoms with Gasteiger partial charge in [-0.05, 0) is 24.2 Å². The number of hydrogen-bond acceptors (Lipinski definition) is 9. The number of esters is 1. The number of ether oxygens (including phenoxy) is 1. The quantitative estimate of drug-likeness (QED) is 0.390. The normalized spacial score (nSPS) is 25.6. The van der Waals surface area contributed by atoms with E-state index in [1.165, 1.54) is 23.1 Å². The van der Waals surface area contributed by atoms with Gasteiger partial charge in [-0.25, -0.2) is 9.78 Å². The van der Waals surface area contributed by atoms with Gasteiger partial charge in [-0.2, -0.15) is 12.6 Å². The third-order valence-corrected chi connectivity index (χ3v) is 7.14. The van der Waals surface area contributed by atoms with E-state index in [1.54, 1.807) is 6.08 Å². The van der Waals surface area contributed by atoms with Crippen LogP contribution < -0.4 is 5.32 Å². The number of thiol groups is 1. The van der Waals surface area contributed by atoms with Crippen molar-refractivity contribution in [2.75, 3.05) is 11.5 Å².